The fourth-order valence-electron chi connectivity index (χ4n) is 4.54. The summed E-state index contributed by atoms with van der Waals surface area (Å²) in [5, 5.41) is 8.26. The Labute approximate surface area is 246 Å². The number of ether oxygens (including phenoxy) is 2. The van der Waals surface area contributed by atoms with Crippen molar-refractivity contribution in [1.82, 2.24) is 16.0 Å². The minimum atomic E-state index is -1.00. The summed E-state index contributed by atoms with van der Waals surface area (Å²) in [5.41, 5.74) is 1.58. The number of rotatable bonds is 14. The third-order valence-electron chi connectivity index (χ3n) is 7.16. The highest BCUT2D eigenvalue weighted by Crippen LogP contribution is 2.29. The quantitative estimate of drug-likeness (QED) is 0.254. The van der Waals surface area contributed by atoms with Crippen LogP contribution in [0.4, 0.5) is 4.79 Å². The van der Waals surface area contributed by atoms with Crippen molar-refractivity contribution >= 4 is 23.7 Å². The van der Waals surface area contributed by atoms with Crippen molar-refractivity contribution in [2.24, 2.45) is 0 Å². The Bertz CT molecular complexity index is 1350. The summed E-state index contributed by atoms with van der Waals surface area (Å²) in [5.74, 6) is -1.26. The molecule has 4 atom stereocenters. The van der Waals surface area contributed by atoms with Gasteiger partial charge >= 0.3 is 6.09 Å². The van der Waals surface area contributed by atoms with Gasteiger partial charge in [0.15, 0.2) is 5.78 Å². The van der Waals surface area contributed by atoms with E-state index >= 15 is 0 Å². The van der Waals surface area contributed by atoms with Gasteiger partial charge in [0.2, 0.25) is 11.8 Å². The highest BCUT2D eigenvalue weighted by molar-refractivity contribution is 5.98. The molecule has 3 amide bonds. The summed E-state index contributed by atoms with van der Waals surface area (Å²) in [6.07, 6.45) is 0.00318. The zero-order valence-corrected chi connectivity index (χ0v) is 23.9. The summed E-state index contributed by atoms with van der Waals surface area (Å²) in [7, 11) is 0. The van der Waals surface area contributed by atoms with Crippen LogP contribution in [0.2, 0.25) is 0 Å². The zero-order valence-electron chi connectivity index (χ0n) is 23.9. The molecule has 3 N–H and O–H groups in total. The predicted molar refractivity (Wildman–Crippen MR) is 157 cm³/mol. The van der Waals surface area contributed by atoms with E-state index in [9.17, 15) is 19.2 Å². The van der Waals surface area contributed by atoms with Crippen molar-refractivity contribution < 1.29 is 28.7 Å². The molecule has 220 valence electrons. The van der Waals surface area contributed by atoms with E-state index in [4.69, 9.17) is 9.47 Å². The van der Waals surface area contributed by atoms with Gasteiger partial charge < -0.3 is 25.4 Å². The smallest absolute Gasteiger partial charge is 0.408 e. The summed E-state index contributed by atoms with van der Waals surface area (Å²) in [6, 6.07) is 25.1. The molecule has 1 aliphatic heterocycles. The third-order valence-corrected chi connectivity index (χ3v) is 7.16. The molecule has 1 aliphatic rings. The van der Waals surface area contributed by atoms with E-state index in [2.05, 4.69) is 16.0 Å². The minimum absolute atomic E-state index is 0.0588. The Morgan fingerprint density at radius 2 is 1.17 bits per heavy atom. The normalized spacial score (nSPS) is 17.7. The number of hydrogen-bond donors (Lipinski definition) is 3. The number of amides is 3. The van der Waals surface area contributed by atoms with Crippen molar-refractivity contribution in [2.75, 3.05) is 6.61 Å². The summed E-state index contributed by atoms with van der Waals surface area (Å²) < 4.78 is 10.7. The first-order valence-electron chi connectivity index (χ1n) is 14.1. The lowest BCUT2D eigenvalue weighted by atomic mass is 9.94. The number of benzene rings is 3. The Balaban J connectivity index is 1.45. The molecule has 4 rings (SSSR count). The standard InChI is InChI=1S/C33H37N3O6/c1-3-26(36-32(40)41-21-25-17-11-6-12-18-25)30(38)35-28(20-24-15-9-5-10-16-24)31(39)34-27(29(37)33(2)22-42-33)19-23-13-7-4-8-14-23/h4-18,26-28H,3,19-22H2,1-2H3,(H,34,39)(H,35,38)(H,36,40)/t26-,27-,28-,33+/m0/s1. The fraction of sp³-hybridized carbons (Fsp3) is 0.333. The van der Waals surface area contributed by atoms with Crippen LogP contribution >= 0.6 is 0 Å². The SMILES string of the molecule is CC[C@H](NC(=O)OCc1ccccc1)C(=O)N[C@@H](Cc1ccccc1)C(=O)N[C@@H](Cc1ccccc1)C(=O)[C@@]1(C)CO1. The Hall–Kier alpha value is -4.50. The first-order chi connectivity index (χ1) is 20.3. The molecule has 0 saturated carbocycles. The van der Waals surface area contributed by atoms with Gasteiger partial charge in [-0.25, -0.2) is 4.79 Å². The molecule has 1 heterocycles. The number of ketones is 1. The van der Waals surface area contributed by atoms with E-state index in [0.717, 1.165) is 16.7 Å². The monoisotopic (exact) mass is 571 g/mol. The number of carbonyl (C=O) groups is 4. The second kappa shape index (κ2) is 14.4. The van der Waals surface area contributed by atoms with Crippen LogP contribution in [0.15, 0.2) is 91.0 Å². The number of alkyl carbamates (subject to hydrolysis) is 1. The van der Waals surface area contributed by atoms with Crippen LogP contribution < -0.4 is 16.0 Å². The van der Waals surface area contributed by atoms with E-state index in [1.165, 1.54) is 0 Å². The van der Waals surface area contributed by atoms with Crippen LogP contribution in [-0.4, -0.2) is 54.0 Å². The molecule has 0 bridgehead atoms. The molecule has 9 nitrogen and oxygen atoms in total. The molecule has 0 spiro atoms. The third kappa shape index (κ3) is 8.75. The molecule has 9 heteroatoms. The highest BCUT2D eigenvalue weighted by Gasteiger charge is 2.50. The van der Waals surface area contributed by atoms with Crippen LogP contribution in [0, 0.1) is 0 Å². The highest BCUT2D eigenvalue weighted by atomic mass is 16.6. The number of nitrogens with one attached hydrogen (secondary N) is 3. The largest absolute Gasteiger partial charge is 0.445 e. The van der Waals surface area contributed by atoms with E-state index in [1.54, 1.807) is 13.8 Å². The Morgan fingerprint density at radius 1 is 0.714 bits per heavy atom. The van der Waals surface area contributed by atoms with Crippen molar-refractivity contribution in [3.05, 3.63) is 108 Å². The zero-order chi connectivity index (χ0) is 30.0. The molecular formula is C33H37N3O6. The molecule has 0 aliphatic carbocycles. The van der Waals surface area contributed by atoms with Crippen LogP contribution in [-0.2, 0) is 43.3 Å². The van der Waals surface area contributed by atoms with Gasteiger partial charge in [0.05, 0.1) is 12.6 Å². The Kier molecular flexibility index (Phi) is 10.4. The second-order valence-electron chi connectivity index (χ2n) is 10.6. The van der Waals surface area contributed by atoms with Crippen LogP contribution in [0.3, 0.4) is 0 Å². The lowest BCUT2D eigenvalue weighted by Gasteiger charge is -2.26. The predicted octanol–water partition coefficient (Wildman–Crippen LogP) is 3.50. The topological polar surface area (TPSA) is 126 Å². The summed E-state index contributed by atoms with van der Waals surface area (Å²) in [4.78, 5) is 52.8. The van der Waals surface area contributed by atoms with Crippen molar-refractivity contribution in [2.45, 2.75) is 63.4 Å². The first-order valence-corrected chi connectivity index (χ1v) is 14.1. The second-order valence-corrected chi connectivity index (χ2v) is 10.6. The summed E-state index contributed by atoms with van der Waals surface area (Å²) in [6.45, 7) is 3.81. The van der Waals surface area contributed by atoms with Crippen molar-refractivity contribution in [3.63, 3.8) is 0 Å². The number of epoxide rings is 1. The van der Waals surface area contributed by atoms with Crippen LogP contribution in [0.25, 0.3) is 0 Å². The average molecular weight is 572 g/mol. The van der Waals surface area contributed by atoms with E-state index in [1.807, 2.05) is 91.0 Å². The Morgan fingerprint density at radius 3 is 1.67 bits per heavy atom. The number of hydrogen-bond acceptors (Lipinski definition) is 6. The van der Waals surface area contributed by atoms with Crippen molar-refractivity contribution in [3.8, 4) is 0 Å². The minimum Gasteiger partial charge on any atom is -0.445 e. The maximum atomic E-state index is 13.7. The summed E-state index contributed by atoms with van der Waals surface area (Å²) >= 11 is 0. The molecule has 1 fully saturated rings. The van der Waals surface area contributed by atoms with Crippen molar-refractivity contribution in [1.29, 1.82) is 0 Å². The van der Waals surface area contributed by atoms with Gasteiger partial charge in [0.25, 0.3) is 0 Å². The molecule has 3 aromatic carbocycles. The van der Waals surface area contributed by atoms with Crippen LogP contribution in [0.5, 0.6) is 0 Å². The van der Waals surface area contributed by atoms with E-state index in [-0.39, 0.29) is 31.7 Å². The van der Waals surface area contributed by atoms with Gasteiger partial charge in [0, 0.05) is 6.42 Å². The average Bonchev–Trinajstić information content (AvgIpc) is 3.77. The van der Waals surface area contributed by atoms with Gasteiger partial charge in [-0.1, -0.05) is 97.9 Å². The molecule has 3 aromatic rings. The molecule has 0 unspecified atom stereocenters. The van der Waals surface area contributed by atoms with Crippen LogP contribution in [0.1, 0.15) is 37.0 Å². The first kappa shape index (κ1) is 30.5. The molecule has 42 heavy (non-hydrogen) atoms. The van der Waals surface area contributed by atoms with Gasteiger partial charge in [-0.15, -0.1) is 0 Å². The molecule has 1 saturated heterocycles. The molecular weight excluding hydrogens is 534 g/mol. The van der Waals surface area contributed by atoms with E-state index < -0.39 is 41.6 Å². The molecule has 0 radical (unpaired) electrons. The van der Waals surface area contributed by atoms with Gasteiger partial charge in [0.1, 0.15) is 24.3 Å². The maximum absolute atomic E-state index is 13.7. The van der Waals surface area contributed by atoms with Gasteiger partial charge in [-0.2, -0.15) is 0 Å². The van der Waals surface area contributed by atoms with E-state index in [0.29, 0.717) is 6.61 Å². The number of carbonyl (C=O) groups excluding carboxylic acids is 4. The lowest BCUT2D eigenvalue weighted by Crippen LogP contribution is -2.57. The number of Topliss-reactive ketones (excluding diaryl/α,β-unsaturated/α-hetero) is 1. The molecule has 0 aromatic heterocycles. The fourth-order valence-corrected chi connectivity index (χ4v) is 4.54. The maximum Gasteiger partial charge on any atom is 0.408 e. The van der Waals surface area contributed by atoms with Gasteiger partial charge in [-0.3, -0.25) is 14.4 Å². The lowest BCUT2D eigenvalue weighted by molar-refractivity contribution is -0.133. The van der Waals surface area contributed by atoms with Gasteiger partial charge in [-0.05, 0) is 36.5 Å².